The average molecular weight is 281 g/mol. The van der Waals surface area contributed by atoms with E-state index < -0.39 is 0 Å². The molecule has 0 spiro atoms. The lowest BCUT2D eigenvalue weighted by molar-refractivity contribution is -0.137. The Balaban J connectivity index is 2.07. The summed E-state index contributed by atoms with van der Waals surface area (Å²) in [6.07, 6.45) is 4.02. The molecule has 106 valence electrons. The molecular formula is C14H23N3OS. The third kappa shape index (κ3) is 2.98. The zero-order valence-electron chi connectivity index (χ0n) is 12.0. The van der Waals surface area contributed by atoms with Crippen molar-refractivity contribution in [1.82, 2.24) is 15.2 Å². The van der Waals surface area contributed by atoms with E-state index >= 15 is 0 Å². The van der Waals surface area contributed by atoms with Crippen LogP contribution < -0.4 is 5.32 Å². The fourth-order valence-electron chi connectivity index (χ4n) is 2.87. The molecular weight excluding hydrogens is 258 g/mol. The highest BCUT2D eigenvalue weighted by Gasteiger charge is 2.41. The van der Waals surface area contributed by atoms with E-state index in [0.29, 0.717) is 6.54 Å². The van der Waals surface area contributed by atoms with Crippen LogP contribution >= 0.6 is 11.3 Å². The van der Waals surface area contributed by atoms with Crippen LogP contribution in [0.25, 0.3) is 0 Å². The van der Waals surface area contributed by atoms with Crippen molar-refractivity contribution in [3.05, 3.63) is 16.1 Å². The molecule has 2 rings (SSSR count). The van der Waals surface area contributed by atoms with Crippen LogP contribution in [-0.4, -0.2) is 34.9 Å². The van der Waals surface area contributed by atoms with Crippen LogP contribution in [-0.2, 0) is 11.3 Å². The summed E-state index contributed by atoms with van der Waals surface area (Å²) in [7, 11) is 1.90. The molecule has 1 aliphatic heterocycles. The van der Waals surface area contributed by atoms with Crippen molar-refractivity contribution in [3.63, 3.8) is 0 Å². The highest BCUT2D eigenvalue weighted by atomic mass is 32.1. The summed E-state index contributed by atoms with van der Waals surface area (Å²) < 4.78 is 0. The number of nitrogens with one attached hydrogen (secondary N) is 1. The standard InChI is InChI=1S/C14H23N3OS/c1-4-6-14(7-5-8-16-14)13(18)17(3)9-12-11(2)15-10-19-12/h10,16H,4-9H2,1-3H3. The maximum Gasteiger partial charge on any atom is 0.242 e. The molecule has 0 bridgehead atoms. The van der Waals surface area contributed by atoms with Gasteiger partial charge < -0.3 is 10.2 Å². The molecule has 19 heavy (non-hydrogen) atoms. The Bertz CT molecular complexity index is 438. The second kappa shape index (κ2) is 6.01. The minimum atomic E-state index is -0.317. The monoisotopic (exact) mass is 281 g/mol. The second-order valence-corrected chi connectivity index (χ2v) is 6.32. The third-order valence-electron chi connectivity index (χ3n) is 3.90. The zero-order valence-corrected chi connectivity index (χ0v) is 12.8. The van der Waals surface area contributed by atoms with Crippen LogP contribution in [0.5, 0.6) is 0 Å². The normalized spacial score (nSPS) is 22.7. The molecule has 1 unspecified atom stereocenters. The average Bonchev–Trinajstić information content (AvgIpc) is 3.00. The summed E-state index contributed by atoms with van der Waals surface area (Å²) in [4.78, 5) is 20.0. The van der Waals surface area contributed by atoms with Crippen LogP contribution in [0.1, 0.15) is 43.2 Å². The Morgan fingerprint density at radius 2 is 2.42 bits per heavy atom. The number of thiazole rings is 1. The van der Waals surface area contributed by atoms with Gasteiger partial charge in [0.2, 0.25) is 5.91 Å². The van der Waals surface area contributed by atoms with Crippen molar-refractivity contribution in [2.24, 2.45) is 0 Å². The highest BCUT2D eigenvalue weighted by Crippen LogP contribution is 2.27. The molecule has 1 amide bonds. The Morgan fingerprint density at radius 3 is 2.95 bits per heavy atom. The lowest BCUT2D eigenvalue weighted by Gasteiger charge is -2.32. The molecule has 5 heteroatoms. The van der Waals surface area contributed by atoms with Crippen LogP contribution in [0.3, 0.4) is 0 Å². The zero-order chi connectivity index (χ0) is 13.9. The smallest absolute Gasteiger partial charge is 0.242 e. The number of carbonyl (C=O) groups excluding carboxylic acids is 1. The number of nitrogens with zero attached hydrogens (tertiary/aromatic N) is 2. The molecule has 2 heterocycles. The molecule has 0 aliphatic carbocycles. The number of amides is 1. The number of likely N-dealkylation sites (N-methyl/N-ethyl adjacent to an activating group) is 1. The van der Waals surface area contributed by atoms with E-state index in [1.54, 1.807) is 11.3 Å². The molecule has 1 saturated heterocycles. The van der Waals surface area contributed by atoms with Gasteiger partial charge in [-0.15, -0.1) is 11.3 Å². The van der Waals surface area contributed by atoms with Crippen LogP contribution in [0, 0.1) is 6.92 Å². The van der Waals surface area contributed by atoms with E-state index in [2.05, 4.69) is 17.2 Å². The minimum Gasteiger partial charge on any atom is -0.339 e. The molecule has 1 atom stereocenters. The predicted octanol–water partition coefficient (Wildman–Crippen LogP) is 2.33. The maximum atomic E-state index is 12.7. The first-order chi connectivity index (χ1) is 9.09. The Hall–Kier alpha value is -0.940. The minimum absolute atomic E-state index is 0.236. The Labute approximate surface area is 119 Å². The fourth-order valence-corrected chi connectivity index (χ4v) is 3.70. The van der Waals surface area contributed by atoms with Crippen LogP contribution in [0.2, 0.25) is 0 Å². The molecule has 1 N–H and O–H groups in total. The van der Waals surface area contributed by atoms with E-state index in [1.165, 1.54) is 4.88 Å². The molecule has 1 aromatic heterocycles. The molecule has 0 radical (unpaired) electrons. The van der Waals surface area contributed by atoms with Gasteiger partial charge in [0.05, 0.1) is 23.3 Å². The summed E-state index contributed by atoms with van der Waals surface area (Å²) in [5, 5.41) is 3.44. The third-order valence-corrected chi connectivity index (χ3v) is 4.82. The number of aryl methyl sites for hydroxylation is 1. The van der Waals surface area contributed by atoms with Gasteiger partial charge in [0.15, 0.2) is 0 Å². The van der Waals surface area contributed by atoms with E-state index in [9.17, 15) is 4.79 Å². The van der Waals surface area contributed by atoms with E-state index in [0.717, 1.165) is 37.9 Å². The second-order valence-electron chi connectivity index (χ2n) is 5.38. The summed E-state index contributed by atoms with van der Waals surface area (Å²) in [6.45, 7) is 5.77. The van der Waals surface area contributed by atoms with Crippen LogP contribution in [0.4, 0.5) is 0 Å². The lowest BCUT2D eigenvalue weighted by Crippen LogP contribution is -2.53. The topological polar surface area (TPSA) is 45.2 Å². The van der Waals surface area contributed by atoms with E-state index in [-0.39, 0.29) is 11.4 Å². The predicted molar refractivity (Wildman–Crippen MR) is 78.2 cm³/mol. The van der Waals surface area contributed by atoms with E-state index in [4.69, 9.17) is 0 Å². The number of hydrogen-bond donors (Lipinski definition) is 1. The van der Waals surface area contributed by atoms with Gasteiger partial charge in [-0.3, -0.25) is 4.79 Å². The molecule has 1 aromatic rings. The molecule has 1 fully saturated rings. The number of hydrogen-bond acceptors (Lipinski definition) is 4. The van der Waals surface area contributed by atoms with Crippen molar-refractivity contribution < 1.29 is 4.79 Å². The quantitative estimate of drug-likeness (QED) is 0.901. The van der Waals surface area contributed by atoms with Gasteiger partial charge in [-0.25, -0.2) is 4.98 Å². The number of carbonyl (C=O) groups is 1. The van der Waals surface area contributed by atoms with Crippen molar-refractivity contribution in [2.45, 2.75) is 51.6 Å². The van der Waals surface area contributed by atoms with Gasteiger partial charge in [0.25, 0.3) is 0 Å². The summed E-state index contributed by atoms with van der Waals surface area (Å²) >= 11 is 1.62. The number of aromatic nitrogens is 1. The highest BCUT2D eigenvalue weighted by molar-refractivity contribution is 7.09. The van der Waals surface area contributed by atoms with Crippen molar-refractivity contribution in [2.75, 3.05) is 13.6 Å². The van der Waals surface area contributed by atoms with Crippen LogP contribution in [0.15, 0.2) is 5.51 Å². The first-order valence-corrected chi connectivity index (χ1v) is 7.86. The SMILES string of the molecule is CCCC1(C(=O)N(C)Cc2scnc2C)CCCN1. The van der Waals surface area contributed by atoms with Gasteiger partial charge in [0, 0.05) is 11.9 Å². The van der Waals surface area contributed by atoms with Crippen molar-refractivity contribution in [1.29, 1.82) is 0 Å². The van der Waals surface area contributed by atoms with Gasteiger partial charge in [-0.1, -0.05) is 13.3 Å². The van der Waals surface area contributed by atoms with Crippen molar-refractivity contribution in [3.8, 4) is 0 Å². The first-order valence-electron chi connectivity index (χ1n) is 6.98. The summed E-state index contributed by atoms with van der Waals surface area (Å²) in [5.41, 5.74) is 2.56. The van der Waals surface area contributed by atoms with Gasteiger partial charge in [0.1, 0.15) is 0 Å². The molecule has 0 aromatic carbocycles. The maximum absolute atomic E-state index is 12.7. The summed E-state index contributed by atoms with van der Waals surface area (Å²) in [6, 6.07) is 0. The largest absolute Gasteiger partial charge is 0.339 e. The number of rotatable bonds is 5. The van der Waals surface area contributed by atoms with E-state index in [1.807, 2.05) is 24.4 Å². The van der Waals surface area contributed by atoms with Gasteiger partial charge in [-0.2, -0.15) is 0 Å². The fraction of sp³-hybridized carbons (Fsp3) is 0.714. The Morgan fingerprint density at radius 1 is 1.63 bits per heavy atom. The molecule has 4 nitrogen and oxygen atoms in total. The molecule has 0 saturated carbocycles. The molecule has 1 aliphatic rings. The van der Waals surface area contributed by atoms with Crippen molar-refractivity contribution >= 4 is 17.2 Å². The van der Waals surface area contributed by atoms with Gasteiger partial charge in [-0.05, 0) is 32.7 Å². The first kappa shape index (κ1) is 14.5. The van der Waals surface area contributed by atoms with Gasteiger partial charge >= 0.3 is 0 Å². The lowest BCUT2D eigenvalue weighted by atomic mass is 9.90. The Kier molecular flexibility index (Phi) is 4.58. The summed E-state index contributed by atoms with van der Waals surface area (Å²) in [5.74, 6) is 0.236.